The van der Waals surface area contributed by atoms with E-state index in [0.717, 1.165) is 5.56 Å². The van der Waals surface area contributed by atoms with E-state index in [-0.39, 0.29) is 12.5 Å². The van der Waals surface area contributed by atoms with Crippen molar-refractivity contribution in [2.24, 2.45) is 0 Å². The summed E-state index contributed by atoms with van der Waals surface area (Å²) in [5.74, 6) is -0.119. The van der Waals surface area contributed by atoms with Gasteiger partial charge in [0.15, 0.2) is 0 Å². The van der Waals surface area contributed by atoms with E-state index in [4.69, 9.17) is 9.84 Å². The first kappa shape index (κ1) is 15.4. The van der Waals surface area contributed by atoms with Crippen LogP contribution in [0.2, 0.25) is 0 Å². The largest absolute Gasteiger partial charge is 0.395 e. The highest BCUT2D eigenvalue weighted by Gasteiger charge is 2.08. The summed E-state index contributed by atoms with van der Waals surface area (Å²) in [6, 6.07) is 7.93. The van der Waals surface area contributed by atoms with E-state index in [0.29, 0.717) is 19.7 Å². The van der Waals surface area contributed by atoms with Crippen LogP contribution in [0.3, 0.4) is 0 Å². The van der Waals surface area contributed by atoms with Gasteiger partial charge < -0.3 is 14.7 Å². The minimum atomic E-state index is -0.119. The van der Waals surface area contributed by atoms with Gasteiger partial charge in [-0.05, 0) is 18.6 Å². The molecule has 104 valence electrons. The molecular formula is C15H21NO3. The highest BCUT2D eigenvalue weighted by Crippen LogP contribution is 2.05. The predicted molar refractivity (Wildman–Crippen MR) is 75.8 cm³/mol. The number of carbonyl (C=O) groups excluding carboxylic acids is 1. The number of carbonyl (C=O) groups is 1. The Morgan fingerprint density at radius 3 is 2.58 bits per heavy atom. The number of nitrogens with zero attached hydrogens (tertiary/aromatic N) is 1. The van der Waals surface area contributed by atoms with Gasteiger partial charge in [-0.3, -0.25) is 4.79 Å². The molecule has 0 aromatic heterocycles. The first-order valence-electron chi connectivity index (χ1n) is 6.31. The molecule has 1 amide bonds. The number of hydrogen-bond acceptors (Lipinski definition) is 3. The van der Waals surface area contributed by atoms with Gasteiger partial charge >= 0.3 is 0 Å². The molecule has 0 radical (unpaired) electrons. The number of aryl methyl sites for hydroxylation is 1. The lowest BCUT2D eigenvalue weighted by molar-refractivity contribution is -0.127. The van der Waals surface area contributed by atoms with Gasteiger partial charge in [0.2, 0.25) is 5.91 Å². The monoisotopic (exact) mass is 263 g/mol. The number of aliphatic hydroxyl groups excluding tert-OH is 1. The van der Waals surface area contributed by atoms with E-state index < -0.39 is 0 Å². The Bertz CT molecular complexity index is 412. The van der Waals surface area contributed by atoms with Crippen molar-refractivity contribution < 1.29 is 14.6 Å². The van der Waals surface area contributed by atoms with Crippen LogP contribution in [0, 0.1) is 6.92 Å². The highest BCUT2D eigenvalue weighted by atomic mass is 16.5. The summed E-state index contributed by atoms with van der Waals surface area (Å²) in [6.45, 7) is 3.23. The molecule has 1 N–H and O–H groups in total. The van der Waals surface area contributed by atoms with Crippen molar-refractivity contribution in [1.82, 2.24) is 4.90 Å². The van der Waals surface area contributed by atoms with Gasteiger partial charge in [0, 0.05) is 26.3 Å². The van der Waals surface area contributed by atoms with Gasteiger partial charge in [0.1, 0.15) is 0 Å². The molecule has 0 heterocycles. The zero-order valence-electron chi connectivity index (χ0n) is 11.5. The molecule has 0 saturated heterocycles. The maximum Gasteiger partial charge on any atom is 0.246 e. The van der Waals surface area contributed by atoms with Gasteiger partial charge in [0.05, 0.1) is 13.2 Å². The van der Waals surface area contributed by atoms with E-state index in [1.54, 1.807) is 18.1 Å². The van der Waals surface area contributed by atoms with Crippen LogP contribution in [0.5, 0.6) is 0 Å². The Balaban J connectivity index is 2.61. The van der Waals surface area contributed by atoms with Crippen LogP contribution in [-0.2, 0) is 9.53 Å². The molecule has 0 atom stereocenters. The number of hydrogen-bond donors (Lipinski definition) is 1. The number of aliphatic hydroxyl groups is 1. The van der Waals surface area contributed by atoms with E-state index in [2.05, 4.69) is 0 Å². The fourth-order valence-corrected chi connectivity index (χ4v) is 1.60. The first-order chi connectivity index (χ1) is 9.17. The zero-order valence-corrected chi connectivity index (χ0v) is 11.5. The molecule has 19 heavy (non-hydrogen) atoms. The summed E-state index contributed by atoms with van der Waals surface area (Å²) in [5, 5.41) is 8.94. The van der Waals surface area contributed by atoms with Crippen molar-refractivity contribution in [2.45, 2.75) is 6.92 Å². The van der Waals surface area contributed by atoms with Crippen molar-refractivity contribution in [3.05, 3.63) is 41.5 Å². The number of amides is 1. The fourth-order valence-electron chi connectivity index (χ4n) is 1.60. The molecule has 0 saturated carbocycles. The van der Waals surface area contributed by atoms with E-state index in [1.165, 1.54) is 11.6 Å². The van der Waals surface area contributed by atoms with Crippen molar-refractivity contribution in [2.75, 3.05) is 33.4 Å². The van der Waals surface area contributed by atoms with Crippen molar-refractivity contribution in [1.29, 1.82) is 0 Å². The van der Waals surface area contributed by atoms with Crippen molar-refractivity contribution in [3.8, 4) is 0 Å². The zero-order chi connectivity index (χ0) is 14.1. The summed E-state index contributed by atoms with van der Waals surface area (Å²) in [4.78, 5) is 13.5. The summed E-state index contributed by atoms with van der Waals surface area (Å²) in [7, 11) is 1.59. The number of methoxy groups -OCH3 is 1. The molecule has 0 aliphatic rings. The van der Waals surface area contributed by atoms with Gasteiger partial charge in [0.25, 0.3) is 0 Å². The lowest BCUT2D eigenvalue weighted by atomic mass is 10.1. The Labute approximate surface area is 114 Å². The highest BCUT2D eigenvalue weighted by molar-refractivity contribution is 5.91. The summed E-state index contributed by atoms with van der Waals surface area (Å²) in [6.07, 6.45) is 3.30. The SMILES string of the molecule is COCCN(CCO)C(=O)/C=C/c1ccc(C)cc1. The van der Waals surface area contributed by atoms with Crippen LogP contribution in [0.15, 0.2) is 30.3 Å². The molecule has 4 heteroatoms. The third-order valence-corrected chi connectivity index (χ3v) is 2.74. The topological polar surface area (TPSA) is 49.8 Å². The minimum absolute atomic E-state index is 0.0478. The maximum absolute atomic E-state index is 12.0. The van der Waals surface area contributed by atoms with Crippen molar-refractivity contribution in [3.63, 3.8) is 0 Å². The number of benzene rings is 1. The van der Waals surface area contributed by atoms with E-state index in [9.17, 15) is 4.79 Å². The van der Waals surface area contributed by atoms with Crippen LogP contribution < -0.4 is 0 Å². The third kappa shape index (κ3) is 5.68. The first-order valence-corrected chi connectivity index (χ1v) is 6.31. The Morgan fingerprint density at radius 2 is 2.00 bits per heavy atom. The summed E-state index contributed by atoms with van der Waals surface area (Å²) < 4.78 is 4.95. The van der Waals surface area contributed by atoms with Crippen LogP contribution in [0.25, 0.3) is 6.08 Å². The second kappa shape index (κ2) is 8.45. The standard InChI is InChI=1S/C15H21NO3/c1-13-3-5-14(6-4-13)7-8-15(18)16(9-11-17)10-12-19-2/h3-8,17H,9-12H2,1-2H3/b8-7+. The number of ether oxygens (including phenoxy) is 1. The summed E-state index contributed by atoms with van der Waals surface area (Å²) in [5.41, 5.74) is 2.17. The third-order valence-electron chi connectivity index (χ3n) is 2.74. The molecule has 0 aliphatic heterocycles. The molecule has 0 fully saturated rings. The molecule has 0 spiro atoms. The Morgan fingerprint density at radius 1 is 1.32 bits per heavy atom. The van der Waals surface area contributed by atoms with Gasteiger partial charge in [-0.25, -0.2) is 0 Å². The Hall–Kier alpha value is -1.65. The van der Waals surface area contributed by atoms with Crippen LogP contribution in [-0.4, -0.2) is 49.3 Å². The molecule has 4 nitrogen and oxygen atoms in total. The molecular weight excluding hydrogens is 242 g/mol. The average Bonchev–Trinajstić information content (AvgIpc) is 2.42. The van der Waals surface area contributed by atoms with Gasteiger partial charge in [-0.1, -0.05) is 29.8 Å². The molecule has 1 aromatic rings. The van der Waals surface area contributed by atoms with E-state index in [1.807, 2.05) is 31.2 Å². The quantitative estimate of drug-likeness (QED) is 0.758. The maximum atomic E-state index is 12.0. The van der Waals surface area contributed by atoms with Crippen molar-refractivity contribution >= 4 is 12.0 Å². The second-order valence-corrected chi connectivity index (χ2v) is 4.29. The normalized spacial score (nSPS) is 10.9. The van der Waals surface area contributed by atoms with Gasteiger partial charge in [-0.2, -0.15) is 0 Å². The molecule has 0 unspecified atom stereocenters. The smallest absolute Gasteiger partial charge is 0.246 e. The van der Waals surface area contributed by atoms with Crippen LogP contribution >= 0.6 is 0 Å². The second-order valence-electron chi connectivity index (χ2n) is 4.29. The molecule has 0 bridgehead atoms. The lowest BCUT2D eigenvalue weighted by Gasteiger charge is -2.19. The molecule has 1 aromatic carbocycles. The fraction of sp³-hybridized carbons (Fsp3) is 0.400. The van der Waals surface area contributed by atoms with Crippen LogP contribution in [0.1, 0.15) is 11.1 Å². The molecule has 1 rings (SSSR count). The minimum Gasteiger partial charge on any atom is -0.395 e. The number of rotatable bonds is 7. The average molecular weight is 263 g/mol. The Kier molecular flexibility index (Phi) is 6.85. The predicted octanol–water partition coefficient (Wildman–Crippen LogP) is 1.48. The van der Waals surface area contributed by atoms with Gasteiger partial charge in [-0.15, -0.1) is 0 Å². The van der Waals surface area contributed by atoms with Crippen LogP contribution in [0.4, 0.5) is 0 Å². The lowest BCUT2D eigenvalue weighted by Crippen LogP contribution is -2.34. The van der Waals surface area contributed by atoms with E-state index >= 15 is 0 Å². The molecule has 0 aliphatic carbocycles. The summed E-state index contributed by atoms with van der Waals surface area (Å²) >= 11 is 0.